The van der Waals surface area contributed by atoms with Crippen LogP contribution in [0.2, 0.25) is 0 Å². The quantitative estimate of drug-likeness (QED) is 0.803. The van der Waals surface area contributed by atoms with Gasteiger partial charge < -0.3 is 14.2 Å². The topological polar surface area (TPSA) is 57.7 Å². The molecule has 106 valence electrons. The standard InChI is InChI=1S/C15H17NO4/c1-9(2)20-14-8-13(15(17)19-4)16-12-6-5-10(18-3)7-11(12)14/h5-9H,1-4H3. The Morgan fingerprint density at radius 3 is 2.55 bits per heavy atom. The number of ether oxygens (including phenoxy) is 3. The minimum atomic E-state index is -0.490. The molecule has 1 aromatic heterocycles. The Balaban J connectivity index is 2.64. The average molecular weight is 275 g/mol. The van der Waals surface area contributed by atoms with Gasteiger partial charge in [-0.2, -0.15) is 0 Å². The van der Waals surface area contributed by atoms with Crippen molar-refractivity contribution >= 4 is 16.9 Å². The third-order valence-electron chi connectivity index (χ3n) is 2.74. The number of benzene rings is 1. The van der Waals surface area contributed by atoms with Gasteiger partial charge in [0.2, 0.25) is 0 Å². The first-order valence-electron chi connectivity index (χ1n) is 6.29. The lowest BCUT2D eigenvalue weighted by molar-refractivity contribution is 0.0593. The van der Waals surface area contributed by atoms with E-state index in [2.05, 4.69) is 4.98 Å². The molecule has 0 unspecified atom stereocenters. The summed E-state index contributed by atoms with van der Waals surface area (Å²) in [5.41, 5.74) is 0.880. The molecule has 2 aromatic rings. The second-order valence-corrected chi connectivity index (χ2v) is 4.55. The summed E-state index contributed by atoms with van der Waals surface area (Å²) in [6.07, 6.45) is -0.0164. The summed E-state index contributed by atoms with van der Waals surface area (Å²) in [6.45, 7) is 3.84. The maximum Gasteiger partial charge on any atom is 0.356 e. The molecule has 0 N–H and O–H groups in total. The molecule has 0 aliphatic rings. The van der Waals surface area contributed by atoms with Crippen LogP contribution in [-0.4, -0.2) is 31.3 Å². The minimum Gasteiger partial charge on any atom is -0.497 e. The molecule has 0 aliphatic heterocycles. The van der Waals surface area contributed by atoms with E-state index in [0.717, 1.165) is 5.39 Å². The van der Waals surface area contributed by atoms with Crippen molar-refractivity contribution < 1.29 is 19.0 Å². The largest absolute Gasteiger partial charge is 0.497 e. The summed E-state index contributed by atoms with van der Waals surface area (Å²) >= 11 is 0. The molecule has 0 saturated carbocycles. The smallest absolute Gasteiger partial charge is 0.356 e. The highest BCUT2D eigenvalue weighted by Crippen LogP contribution is 2.30. The lowest BCUT2D eigenvalue weighted by atomic mass is 10.1. The van der Waals surface area contributed by atoms with Crippen LogP contribution in [0.3, 0.4) is 0 Å². The van der Waals surface area contributed by atoms with Gasteiger partial charge in [-0.1, -0.05) is 0 Å². The van der Waals surface area contributed by atoms with Crippen molar-refractivity contribution in [3.63, 3.8) is 0 Å². The SMILES string of the molecule is COC(=O)c1cc(OC(C)C)c2cc(OC)ccc2n1. The van der Waals surface area contributed by atoms with Gasteiger partial charge in [-0.05, 0) is 32.0 Å². The second kappa shape index (κ2) is 5.77. The molecule has 20 heavy (non-hydrogen) atoms. The number of hydrogen-bond donors (Lipinski definition) is 0. The van der Waals surface area contributed by atoms with Crippen LogP contribution in [0.5, 0.6) is 11.5 Å². The molecular weight excluding hydrogens is 258 g/mol. The normalized spacial score (nSPS) is 10.7. The Morgan fingerprint density at radius 1 is 1.20 bits per heavy atom. The first kappa shape index (κ1) is 14.1. The Hall–Kier alpha value is -2.30. The Labute approximate surface area is 117 Å². The van der Waals surface area contributed by atoms with Gasteiger partial charge in [-0.15, -0.1) is 0 Å². The third kappa shape index (κ3) is 2.82. The van der Waals surface area contributed by atoms with Crippen molar-refractivity contribution in [1.82, 2.24) is 4.98 Å². The Bertz CT molecular complexity index is 637. The number of hydrogen-bond acceptors (Lipinski definition) is 5. The first-order valence-corrected chi connectivity index (χ1v) is 6.29. The predicted molar refractivity (Wildman–Crippen MR) is 75.4 cm³/mol. The van der Waals surface area contributed by atoms with Gasteiger partial charge >= 0.3 is 5.97 Å². The molecular formula is C15H17NO4. The van der Waals surface area contributed by atoms with E-state index in [0.29, 0.717) is 17.0 Å². The second-order valence-electron chi connectivity index (χ2n) is 4.55. The predicted octanol–water partition coefficient (Wildman–Crippen LogP) is 2.82. The number of rotatable bonds is 4. The maximum absolute atomic E-state index is 11.7. The van der Waals surface area contributed by atoms with Gasteiger partial charge in [-0.25, -0.2) is 9.78 Å². The summed E-state index contributed by atoms with van der Waals surface area (Å²) in [4.78, 5) is 15.9. The van der Waals surface area contributed by atoms with E-state index in [1.807, 2.05) is 19.9 Å². The molecule has 0 atom stereocenters. The van der Waals surface area contributed by atoms with Crippen molar-refractivity contribution in [1.29, 1.82) is 0 Å². The minimum absolute atomic E-state index is 0.0164. The maximum atomic E-state index is 11.7. The van der Waals surface area contributed by atoms with Crippen molar-refractivity contribution in [3.05, 3.63) is 30.0 Å². The highest BCUT2D eigenvalue weighted by atomic mass is 16.5. The van der Waals surface area contributed by atoms with E-state index in [1.165, 1.54) is 7.11 Å². The first-order chi connectivity index (χ1) is 9.55. The van der Waals surface area contributed by atoms with Crippen LogP contribution in [0.25, 0.3) is 10.9 Å². The number of nitrogens with zero attached hydrogens (tertiary/aromatic N) is 1. The molecule has 5 nitrogen and oxygen atoms in total. The molecule has 0 aliphatic carbocycles. The number of carbonyl (C=O) groups excluding carboxylic acids is 1. The Kier molecular flexibility index (Phi) is 4.08. The lowest BCUT2D eigenvalue weighted by Crippen LogP contribution is -2.09. The van der Waals surface area contributed by atoms with Gasteiger partial charge in [0.05, 0.1) is 25.8 Å². The number of carbonyl (C=O) groups is 1. The zero-order valence-corrected chi connectivity index (χ0v) is 12.0. The molecule has 1 heterocycles. The van der Waals surface area contributed by atoms with E-state index >= 15 is 0 Å². The van der Waals surface area contributed by atoms with Gasteiger partial charge in [0, 0.05) is 11.5 Å². The summed E-state index contributed by atoms with van der Waals surface area (Å²) in [6, 6.07) is 7.00. The number of esters is 1. The van der Waals surface area contributed by atoms with Gasteiger partial charge in [-0.3, -0.25) is 0 Å². The van der Waals surface area contributed by atoms with E-state index in [9.17, 15) is 4.79 Å². The van der Waals surface area contributed by atoms with Crippen molar-refractivity contribution in [2.24, 2.45) is 0 Å². The molecule has 0 bridgehead atoms. The molecule has 0 amide bonds. The average Bonchev–Trinajstić information content (AvgIpc) is 2.45. The van der Waals surface area contributed by atoms with E-state index < -0.39 is 5.97 Å². The molecule has 2 rings (SSSR count). The number of fused-ring (bicyclic) bond motifs is 1. The highest BCUT2D eigenvalue weighted by molar-refractivity contribution is 5.94. The number of pyridine rings is 1. The molecule has 0 fully saturated rings. The van der Waals surface area contributed by atoms with Crippen LogP contribution >= 0.6 is 0 Å². The van der Waals surface area contributed by atoms with E-state index in [4.69, 9.17) is 14.2 Å². The molecule has 5 heteroatoms. The molecule has 0 radical (unpaired) electrons. The van der Waals surface area contributed by atoms with Crippen molar-refractivity contribution in [2.75, 3.05) is 14.2 Å². The fourth-order valence-electron chi connectivity index (χ4n) is 1.86. The van der Waals surface area contributed by atoms with Crippen molar-refractivity contribution in [2.45, 2.75) is 20.0 Å². The molecule has 0 saturated heterocycles. The van der Waals surface area contributed by atoms with E-state index in [1.54, 1.807) is 25.3 Å². The summed E-state index contributed by atoms with van der Waals surface area (Å²) < 4.78 is 15.7. The van der Waals surface area contributed by atoms with Gasteiger partial charge in [0.1, 0.15) is 11.5 Å². The van der Waals surface area contributed by atoms with Gasteiger partial charge in [0.15, 0.2) is 5.69 Å². The zero-order valence-electron chi connectivity index (χ0n) is 12.0. The zero-order chi connectivity index (χ0) is 14.7. The summed E-state index contributed by atoms with van der Waals surface area (Å²) in [5, 5.41) is 0.797. The lowest BCUT2D eigenvalue weighted by Gasteiger charge is -2.14. The van der Waals surface area contributed by atoms with Crippen molar-refractivity contribution in [3.8, 4) is 11.5 Å². The highest BCUT2D eigenvalue weighted by Gasteiger charge is 2.14. The fraction of sp³-hybridized carbons (Fsp3) is 0.333. The summed E-state index contributed by atoms with van der Waals surface area (Å²) in [7, 11) is 2.92. The fourth-order valence-corrected chi connectivity index (χ4v) is 1.86. The van der Waals surface area contributed by atoms with Crippen LogP contribution in [0.1, 0.15) is 24.3 Å². The Morgan fingerprint density at radius 2 is 1.95 bits per heavy atom. The van der Waals surface area contributed by atoms with Gasteiger partial charge in [0.25, 0.3) is 0 Å². The van der Waals surface area contributed by atoms with Crippen LogP contribution in [0.15, 0.2) is 24.3 Å². The van der Waals surface area contributed by atoms with Crippen LogP contribution < -0.4 is 9.47 Å². The van der Waals surface area contributed by atoms with E-state index in [-0.39, 0.29) is 11.8 Å². The molecule has 1 aromatic carbocycles. The summed E-state index contributed by atoms with van der Waals surface area (Å²) in [5.74, 6) is 0.805. The number of aromatic nitrogens is 1. The van der Waals surface area contributed by atoms with Crippen LogP contribution in [0, 0.1) is 0 Å². The number of methoxy groups -OCH3 is 2. The van der Waals surface area contributed by atoms with Crippen LogP contribution in [-0.2, 0) is 4.74 Å². The van der Waals surface area contributed by atoms with Crippen LogP contribution in [0.4, 0.5) is 0 Å². The molecule has 0 spiro atoms. The third-order valence-corrected chi connectivity index (χ3v) is 2.74. The monoisotopic (exact) mass is 275 g/mol.